The fourth-order valence-corrected chi connectivity index (χ4v) is 1.67. The summed E-state index contributed by atoms with van der Waals surface area (Å²) in [7, 11) is 0. The maximum Gasteiger partial charge on any atom is 0.187 e. The van der Waals surface area contributed by atoms with Crippen LogP contribution in [-0.4, -0.2) is 24.9 Å². The highest BCUT2D eigenvalue weighted by Gasteiger charge is 2.06. The molecule has 6 nitrogen and oxygen atoms in total. The van der Waals surface area contributed by atoms with Crippen molar-refractivity contribution in [2.75, 3.05) is 0 Å². The Morgan fingerprint density at radius 3 is 3.15 bits per heavy atom. The molecule has 0 aliphatic heterocycles. The molecule has 0 aliphatic rings. The van der Waals surface area contributed by atoms with Gasteiger partial charge in [0.25, 0.3) is 0 Å². The molecule has 2 aromatic rings. The average molecular weight is 291 g/mol. The molecule has 0 unspecified atom stereocenters. The number of H-pyrrole nitrogens is 1. The van der Waals surface area contributed by atoms with Gasteiger partial charge in [-0.3, -0.25) is 15.1 Å². The van der Waals surface area contributed by atoms with Crippen LogP contribution < -0.4 is 5.49 Å². The minimum atomic E-state index is -0.247. The Hall–Kier alpha value is -0.960. The van der Waals surface area contributed by atoms with Crippen molar-refractivity contribution in [1.82, 2.24) is 19.7 Å². The van der Waals surface area contributed by atoms with Crippen LogP contribution in [0.25, 0.3) is 11.0 Å². The zero-order valence-electron chi connectivity index (χ0n) is 6.45. The number of rotatable bonds is 1. The Kier molecular flexibility index (Phi) is 2.04. The topological polar surface area (TPSA) is 90.6 Å². The summed E-state index contributed by atoms with van der Waals surface area (Å²) in [5.41, 5.74) is 0.713. The molecule has 0 aliphatic carbocycles. The Morgan fingerprint density at radius 1 is 1.69 bits per heavy atom. The summed E-state index contributed by atoms with van der Waals surface area (Å²) in [6.45, 7) is -0.247. The number of hydrogen-bond donors (Lipinski definition) is 3. The fraction of sp³-hybridized carbons (Fsp3) is 0.167. The fourth-order valence-electron chi connectivity index (χ4n) is 1.05. The van der Waals surface area contributed by atoms with Gasteiger partial charge in [0, 0.05) is 0 Å². The first-order chi connectivity index (χ1) is 6.24. The lowest BCUT2D eigenvalue weighted by Crippen LogP contribution is -2.20. The highest BCUT2D eigenvalue weighted by Crippen LogP contribution is 2.09. The van der Waals surface area contributed by atoms with Crippen molar-refractivity contribution in [2.24, 2.45) is 0 Å². The average Bonchev–Trinajstić information content (AvgIpc) is 2.49. The van der Waals surface area contributed by atoms with E-state index in [9.17, 15) is 0 Å². The molecule has 0 fully saturated rings. The molecule has 2 heterocycles. The van der Waals surface area contributed by atoms with Gasteiger partial charge in [0.1, 0.15) is 22.2 Å². The maximum atomic E-state index is 8.88. The highest BCUT2D eigenvalue weighted by molar-refractivity contribution is 14.1. The smallest absolute Gasteiger partial charge is 0.187 e. The van der Waals surface area contributed by atoms with Crippen LogP contribution in [0.5, 0.6) is 0 Å². The maximum absolute atomic E-state index is 8.88. The lowest BCUT2D eigenvalue weighted by atomic mass is 10.4. The van der Waals surface area contributed by atoms with Gasteiger partial charge in [0.15, 0.2) is 5.65 Å². The zero-order valence-corrected chi connectivity index (χ0v) is 8.61. The second-order valence-corrected chi connectivity index (χ2v) is 3.52. The Morgan fingerprint density at radius 2 is 2.46 bits per heavy atom. The number of fused-ring (bicyclic) bond motifs is 1. The Labute approximate surface area is 86.3 Å². The molecule has 0 bridgehead atoms. The van der Waals surface area contributed by atoms with Gasteiger partial charge in [-0.1, -0.05) is 0 Å². The van der Waals surface area contributed by atoms with Crippen LogP contribution in [0, 0.1) is 9.11 Å². The Bertz CT molecular complexity index is 501. The van der Waals surface area contributed by atoms with E-state index in [0.717, 1.165) is 3.70 Å². The molecule has 0 amide bonds. The van der Waals surface area contributed by atoms with Crippen molar-refractivity contribution in [2.45, 2.75) is 6.73 Å². The lowest BCUT2D eigenvalue weighted by molar-refractivity contribution is 0.203. The first kappa shape index (κ1) is 8.63. The molecule has 0 radical (unpaired) electrons. The van der Waals surface area contributed by atoms with Crippen LogP contribution in [0.3, 0.4) is 0 Å². The van der Waals surface area contributed by atoms with Crippen molar-refractivity contribution >= 4 is 33.6 Å². The summed E-state index contributed by atoms with van der Waals surface area (Å²) >= 11 is 2.04. The van der Waals surface area contributed by atoms with Crippen molar-refractivity contribution in [3.63, 3.8) is 0 Å². The van der Waals surface area contributed by atoms with E-state index in [1.165, 1.54) is 10.9 Å². The summed E-state index contributed by atoms with van der Waals surface area (Å²) in [6.07, 6.45) is 1.39. The second-order valence-electron chi connectivity index (χ2n) is 2.44. The standard InChI is InChI=1S/C6H6IN5O/c7-4-3-5(8)12(2-13)1-9-6(3)11-10-4/h1,8,13H,2H2,(H,10,11). The van der Waals surface area contributed by atoms with Gasteiger partial charge >= 0.3 is 0 Å². The quantitative estimate of drug-likeness (QED) is 0.635. The van der Waals surface area contributed by atoms with Crippen molar-refractivity contribution in [3.05, 3.63) is 15.5 Å². The highest BCUT2D eigenvalue weighted by atomic mass is 127. The minimum Gasteiger partial charge on any atom is -0.376 e. The molecule has 0 spiro atoms. The predicted molar refractivity (Wildman–Crippen MR) is 52.7 cm³/mol. The van der Waals surface area contributed by atoms with Crippen LogP contribution in [0.15, 0.2) is 6.33 Å². The normalized spacial score (nSPS) is 10.9. The molecule has 0 atom stereocenters. The third-order valence-corrected chi connectivity index (χ3v) is 2.48. The van der Waals surface area contributed by atoms with E-state index in [2.05, 4.69) is 15.2 Å². The van der Waals surface area contributed by atoms with E-state index >= 15 is 0 Å². The van der Waals surface area contributed by atoms with Gasteiger partial charge in [-0.05, 0) is 22.6 Å². The predicted octanol–water partition coefficient (Wildman–Crippen LogP) is -0.207. The van der Waals surface area contributed by atoms with Gasteiger partial charge in [-0.2, -0.15) is 5.10 Å². The van der Waals surface area contributed by atoms with E-state index in [1.807, 2.05) is 22.6 Å². The summed E-state index contributed by atoms with van der Waals surface area (Å²) in [6, 6.07) is 0. The number of hydrogen-bond acceptors (Lipinski definition) is 4. The first-order valence-electron chi connectivity index (χ1n) is 3.48. The summed E-state index contributed by atoms with van der Waals surface area (Å²) in [5.74, 6) is 0. The summed E-state index contributed by atoms with van der Waals surface area (Å²) in [4.78, 5) is 3.97. The lowest BCUT2D eigenvalue weighted by Gasteiger charge is -2.00. The van der Waals surface area contributed by atoms with Gasteiger partial charge in [0.05, 0.1) is 5.39 Å². The van der Waals surface area contributed by atoms with Crippen molar-refractivity contribution in [1.29, 1.82) is 5.41 Å². The number of aliphatic hydroxyl groups is 1. The molecule has 0 aromatic carbocycles. The molecule has 7 heteroatoms. The van der Waals surface area contributed by atoms with Crippen LogP contribution in [0.2, 0.25) is 0 Å². The number of halogens is 1. The van der Waals surface area contributed by atoms with Crippen LogP contribution in [-0.2, 0) is 6.73 Å². The van der Waals surface area contributed by atoms with E-state index in [-0.39, 0.29) is 12.2 Å². The number of aromatic amines is 1. The molecule has 0 saturated carbocycles. The molecule has 13 heavy (non-hydrogen) atoms. The van der Waals surface area contributed by atoms with Crippen molar-refractivity contribution < 1.29 is 5.11 Å². The molecule has 68 valence electrons. The number of nitrogens with one attached hydrogen (secondary N) is 2. The molecule has 3 N–H and O–H groups in total. The van der Waals surface area contributed by atoms with Gasteiger partial charge in [-0.25, -0.2) is 4.98 Å². The monoisotopic (exact) mass is 291 g/mol. The summed E-state index contributed by atoms with van der Waals surface area (Å²) in [5, 5.41) is 23.8. The van der Waals surface area contributed by atoms with Crippen LogP contribution in [0.1, 0.15) is 0 Å². The minimum absolute atomic E-state index is 0.214. The van der Waals surface area contributed by atoms with E-state index in [0.29, 0.717) is 11.0 Å². The van der Waals surface area contributed by atoms with E-state index in [4.69, 9.17) is 10.5 Å². The van der Waals surface area contributed by atoms with E-state index in [1.54, 1.807) is 0 Å². The Balaban J connectivity index is 2.92. The van der Waals surface area contributed by atoms with Gasteiger partial charge in [-0.15, -0.1) is 0 Å². The van der Waals surface area contributed by atoms with Gasteiger partial charge in [0.2, 0.25) is 0 Å². The summed E-state index contributed by atoms with van der Waals surface area (Å²) < 4.78 is 2.09. The SMILES string of the molecule is N=c1c2c(I)[nH]nc2ncn1CO. The molecule has 2 aromatic heterocycles. The molecular weight excluding hydrogens is 285 g/mol. The molecular formula is C6H6IN5O. The third kappa shape index (κ3) is 1.23. The number of nitrogens with zero attached hydrogens (tertiary/aromatic N) is 3. The van der Waals surface area contributed by atoms with E-state index < -0.39 is 0 Å². The number of aliphatic hydroxyl groups excluding tert-OH is 1. The third-order valence-electron chi connectivity index (χ3n) is 1.70. The van der Waals surface area contributed by atoms with Crippen LogP contribution in [0.4, 0.5) is 0 Å². The largest absolute Gasteiger partial charge is 0.376 e. The number of aromatic nitrogens is 4. The second kappa shape index (κ2) is 3.07. The molecule has 0 saturated heterocycles. The van der Waals surface area contributed by atoms with Crippen molar-refractivity contribution in [3.8, 4) is 0 Å². The first-order valence-corrected chi connectivity index (χ1v) is 4.56. The van der Waals surface area contributed by atoms with Crippen LogP contribution >= 0.6 is 22.6 Å². The van der Waals surface area contributed by atoms with Gasteiger partial charge < -0.3 is 5.11 Å². The zero-order chi connectivity index (χ0) is 9.42. The molecule has 2 rings (SSSR count).